The summed E-state index contributed by atoms with van der Waals surface area (Å²) in [5, 5.41) is 0. The molecule has 4 rings (SSSR count). The number of benzene rings is 1. The Bertz CT molecular complexity index is 909. The van der Waals surface area contributed by atoms with E-state index < -0.39 is 0 Å². The SMILES string of the molecule is COc1ccc(CCC(=O)N2CC(Oc3cc(C)n(C4CC4)c(=O)c3)C2)cc1. The molecule has 0 atom stereocenters. The minimum Gasteiger partial charge on any atom is -0.497 e. The molecule has 1 aliphatic heterocycles. The van der Waals surface area contributed by atoms with Crippen molar-refractivity contribution in [3.63, 3.8) is 0 Å². The molecule has 1 amide bonds. The maximum absolute atomic E-state index is 12.3. The van der Waals surface area contributed by atoms with Crippen molar-refractivity contribution in [3.8, 4) is 11.5 Å². The van der Waals surface area contributed by atoms with Gasteiger partial charge in [-0.1, -0.05) is 12.1 Å². The van der Waals surface area contributed by atoms with Crippen molar-refractivity contribution in [2.75, 3.05) is 20.2 Å². The van der Waals surface area contributed by atoms with Gasteiger partial charge in [-0.05, 0) is 49.9 Å². The summed E-state index contributed by atoms with van der Waals surface area (Å²) < 4.78 is 12.9. The van der Waals surface area contributed by atoms with Crippen LogP contribution in [0, 0.1) is 6.92 Å². The molecule has 0 spiro atoms. The number of amides is 1. The highest BCUT2D eigenvalue weighted by Crippen LogP contribution is 2.35. The van der Waals surface area contributed by atoms with Crippen LogP contribution in [0.25, 0.3) is 0 Å². The lowest BCUT2D eigenvalue weighted by atomic mass is 10.1. The summed E-state index contributed by atoms with van der Waals surface area (Å²) >= 11 is 0. The molecule has 1 saturated heterocycles. The van der Waals surface area contributed by atoms with Crippen molar-refractivity contribution in [2.45, 2.75) is 44.8 Å². The normalized spacial score (nSPS) is 16.6. The number of rotatable bonds is 7. The maximum Gasteiger partial charge on any atom is 0.254 e. The van der Waals surface area contributed by atoms with Crippen LogP contribution in [-0.4, -0.2) is 41.7 Å². The topological polar surface area (TPSA) is 60.8 Å². The van der Waals surface area contributed by atoms with E-state index >= 15 is 0 Å². The summed E-state index contributed by atoms with van der Waals surface area (Å²) in [4.78, 5) is 26.4. The standard InChI is InChI=1S/C22H26N2O4/c1-15-11-19(12-22(26)24(15)17-6-7-17)28-20-13-23(14-20)21(25)10-5-16-3-8-18(27-2)9-4-16/h3-4,8-9,11-12,17,20H,5-7,10,13-14H2,1-2H3. The molecule has 1 saturated carbocycles. The zero-order valence-electron chi connectivity index (χ0n) is 16.4. The van der Waals surface area contributed by atoms with Gasteiger partial charge in [-0.25, -0.2) is 0 Å². The summed E-state index contributed by atoms with van der Waals surface area (Å²) in [5.41, 5.74) is 2.06. The number of pyridine rings is 1. The third-order valence-electron chi connectivity index (χ3n) is 5.44. The van der Waals surface area contributed by atoms with Gasteiger partial charge in [-0.15, -0.1) is 0 Å². The number of carbonyl (C=O) groups excluding carboxylic acids is 1. The molecule has 28 heavy (non-hydrogen) atoms. The smallest absolute Gasteiger partial charge is 0.254 e. The molecule has 2 heterocycles. The van der Waals surface area contributed by atoms with E-state index in [1.54, 1.807) is 13.2 Å². The van der Waals surface area contributed by atoms with E-state index in [0.717, 1.165) is 29.8 Å². The number of hydrogen-bond acceptors (Lipinski definition) is 4. The molecular formula is C22H26N2O4. The van der Waals surface area contributed by atoms with Crippen LogP contribution in [0.5, 0.6) is 11.5 Å². The van der Waals surface area contributed by atoms with Crippen LogP contribution in [0.2, 0.25) is 0 Å². The fraction of sp³-hybridized carbons (Fsp3) is 0.455. The zero-order valence-corrected chi connectivity index (χ0v) is 16.4. The maximum atomic E-state index is 12.3. The molecule has 0 bridgehead atoms. The van der Waals surface area contributed by atoms with Crippen LogP contribution >= 0.6 is 0 Å². The molecule has 148 valence electrons. The lowest BCUT2D eigenvalue weighted by molar-refractivity contribution is -0.139. The molecule has 2 fully saturated rings. The molecule has 0 unspecified atom stereocenters. The summed E-state index contributed by atoms with van der Waals surface area (Å²) in [6.45, 7) is 3.10. The van der Waals surface area contributed by atoms with E-state index in [0.29, 0.717) is 37.7 Å². The van der Waals surface area contributed by atoms with Crippen molar-refractivity contribution in [3.05, 3.63) is 58.0 Å². The second-order valence-electron chi connectivity index (χ2n) is 7.66. The third-order valence-corrected chi connectivity index (χ3v) is 5.44. The van der Waals surface area contributed by atoms with Gasteiger partial charge in [0.2, 0.25) is 5.91 Å². The first-order valence-corrected chi connectivity index (χ1v) is 9.84. The van der Waals surface area contributed by atoms with Gasteiger partial charge in [0.15, 0.2) is 0 Å². The Balaban J connectivity index is 1.25. The average Bonchev–Trinajstić information content (AvgIpc) is 3.47. The summed E-state index contributed by atoms with van der Waals surface area (Å²) in [6.07, 6.45) is 3.31. The number of aromatic nitrogens is 1. The first-order valence-electron chi connectivity index (χ1n) is 9.84. The lowest BCUT2D eigenvalue weighted by Gasteiger charge is -2.39. The molecule has 0 radical (unpaired) electrons. The highest BCUT2D eigenvalue weighted by molar-refractivity contribution is 5.77. The first-order chi connectivity index (χ1) is 13.5. The Kier molecular flexibility index (Phi) is 5.11. The Morgan fingerprint density at radius 1 is 1.11 bits per heavy atom. The second-order valence-corrected chi connectivity index (χ2v) is 7.66. The van der Waals surface area contributed by atoms with Gasteiger partial charge < -0.3 is 18.9 Å². The lowest BCUT2D eigenvalue weighted by Crippen LogP contribution is -2.56. The minimum absolute atomic E-state index is 0.00393. The molecule has 1 aliphatic carbocycles. The largest absolute Gasteiger partial charge is 0.497 e. The number of methoxy groups -OCH3 is 1. The van der Waals surface area contributed by atoms with Crippen LogP contribution in [0.3, 0.4) is 0 Å². The molecular weight excluding hydrogens is 356 g/mol. The van der Waals surface area contributed by atoms with Crippen LogP contribution in [0.1, 0.15) is 36.6 Å². The zero-order chi connectivity index (χ0) is 19.7. The molecule has 2 aromatic rings. The number of carbonyl (C=O) groups is 1. The second kappa shape index (κ2) is 7.70. The molecule has 2 aliphatic rings. The van der Waals surface area contributed by atoms with Crippen molar-refractivity contribution in [1.82, 2.24) is 9.47 Å². The van der Waals surface area contributed by atoms with Crippen molar-refractivity contribution < 1.29 is 14.3 Å². The number of hydrogen-bond donors (Lipinski definition) is 0. The predicted octanol–water partition coefficient (Wildman–Crippen LogP) is 2.72. The Morgan fingerprint density at radius 3 is 2.43 bits per heavy atom. The van der Waals surface area contributed by atoms with Crippen LogP contribution in [0.15, 0.2) is 41.2 Å². The quantitative estimate of drug-likeness (QED) is 0.739. The number of ether oxygens (including phenoxy) is 2. The summed E-state index contributed by atoms with van der Waals surface area (Å²) in [5.74, 6) is 1.56. The monoisotopic (exact) mass is 382 g/mol. The Hall–Kier alpha value is -2.76. The van der Waals surface area contributed by atoms with Gasteiger partial charge in [0.05, 0.1) is 20.2 Å². The van der Waals surface area contributed by atoms with Crippen LogP contribution in [0.4, 0.5) is 0 Å². The van der Waals surface area contributed by atoms with Crippen molar-refractivity contribution >= 4 is 5.91 Å². The van der Waals surface area contributed by atoms with E-state index in [1.807, 2.05) is 46.7 Å². The van der Waals surface area contributed by atoms with Crippen molar-refractivity contribution in [2.24, 2.45) is 0 Å². The number of aryl methyl sites for hydroxylation is 2. The molecule has 6 heteroatoms. The fourth-order valence-electron chi connectivity index (χ4n) is 3.66. The van der Waals surface area contributed by atoms with Crippen molar-refractivity contribution in [1.29, 1.82) is 0 Å². The first kappa shape index (κ1) is 18.6. The van der Waals surface area contributed by atoms with Gasteiger partial charge in [0.25, 0.3) is 5.56 Å². The predicted molar refractivity (Wildman–Crippen MR) is 106 cm³/mol. The van der Waals surface area contributed by atoms with E-state index in [1.165, 1.54) is 0 Å². The van der Waals surface area contributed by atoms with Gasteiger partial charge in [0, 0.05) is 24.2 Å². The molecule has 0 N–H and O–H groups in total. The Morgan fingerprint density at radius 2 is 1.82 bits per heavy atom. The van der Waals surface area contributed by atoms with Gasteiger partial charge in [0.1, 0.15) is 17.6 Å². The minimum atomic E-state index is -0.0412. The van der Waals surface area contributed by atoms with Crippen LogP contribution in [-0.2, 0) is 11.2 Å². The highest BCUT2D eigenvalue weighted by Gasteiger charge is 2.32. The van der Waals surface area contributed by atoms with Gasteiger partial charge >= 0.3 is 0 Å². The fourth-order valence-corrected chi connectivity index (χ4v) is 3.66. The Labute approximate surface area is 164 Å². The molecule has 6 nitrogen and oxygen atoms in total. The summed E-state index contributed by atoms with van der Waals surface area (Å²) in [6, 6.07) is 11.6. The van der Waals surface area contributed by atoms with Gasteiger partial charge in [-0.3, -0.25) is 9.59 Å². The number of nitrogens with zero attached hydrogens (tertiary/aromatic N) is 2. The third kappa shape index (κ3) is 4.06. The van der Waals surface area contributed by atoms with E-state index in [2.05, 4.69) is 0 Å². The van der Waals surface area contributed by atoms with E-state index in [4.69, 9.17) is 9.47 Å². The van der Waals surface area contributed by atoms with E-state index in [-0.39, 0.29) is 17.6 Å². The van der Waals surface area contributed by atoms with E-state index in [9.17, 15) is 9.59 Å². The highest BCUT2D eigenvalue weighted by atomic mass is 16.5. The van der Waals surface area contributed by atoms with Gasteiger partial charge in [-0.2, -0.15) is 0 Å². The molecule has 1 aromatic carbocycles. The molecule has 1 aromatic heterocycles. The number of likely N-dealkylation sites (tertiary alicyclic amines) is 1. The summed E-state index contributed by atoms with van der Waals surface area (Å²) in [7, 11) is 1.64. The average molecular weight is 382 g/mol. The van der Waals surface area contributed by atoms with Crippen LogP contribution < -0.4 is 15.0 Å².